The van der Waals surface area contributed by atoms with E-state index in [1.807, 2.05) is 6.08 Å². The number of carbonyl (C=O) groups excluding carboxylic acids is 1. The first kappa shape index (κ1) is 29.3. The second kappa shape index (κ2) is 19.4. The van der Waals surface area contributed by atoms with E-state index in [0.717, 1.165) is 12.8 Å². The van der Waals surface area contributed by atoms with Gasteiger partial charge in [0.1, 0.15) is 0 Å². The molecular formula is C20H38NNaO4S. The molecule has 0 aromatic rings. The third kappa shape index (κ3) is 22.3. The molecule has 27 heavy (non-hydrogen) atoms. The Labute approximate surface area is 189 Å². The first-order valence-electron chi connectivity index (χ1n) is 10.2. The van der Waals surface area contributed by atoms with Gasteiger partial charge in [0.2, 0.25) is 5.91 Å². The standard InChI is InChI=1S/C20H39NO4S.Na/c1-3-4-5-6-7-8-9-10-11-12-13-14-15-16-17-20(22)21(2)18-19-26(23,24)25;/h16-17H,3-15,18-19H2,1-2H3,(H,23,24,25);/q;+1/p-1/b17-16+;. The van der Waals surface area contributed by atoms with E-state index in [9.17, 15) is 17.8 Å². The molecule has 0 aliphatic rings. The van der Waals surface area contributed by atoms with Gasteiger partial charge in [0, 0.05) is 13.6 Å². The van der Waals surface area contributed by atoms with E-state index in [1.165, 1.54) is 88.7 Å². The molecule has 0 atom stereocenters. The Hall–Kier alpha value is 0.120. The van der Waals surface area contributed by atoms with E-state index in [2.05, 4.69) is 6.92 Å². The Morgan fingerprint density at radius 3 is 1.78 bits per heavy atom. The van der Waals surface area contributed by atoms with Gasteiger partial charge in [-0.05, 0) is 18.9 Å². The van der Waals surface area contributed by atoms with Gasteiger partial charge in [-0.3, -0.25) is 4.79 Å². The van der Waals surface area contributed by atoms with Crippen molar-refractivity contribution in [3.8, 4) is 0 Å². The Morgan fingerprint density at radius 2 is 1.33 bits per heavy atom. The number of likely N-dealkylation sites (N-methyl/N-ethyl adjacent to an activating group) is 1. The molecule has 0 aromatic carbocycles. The minimum absolute atomic E-state index is 0. The van der Waals surface area contributed by atoms with Gasteiger partial charge in [-0.25, -0.2) is 8.42 Å². The average Bonchev–Trinajstić information content (AvgIpc) is 2.59. The fourth-order valence-corrected chi connectivity index (χ4v) is 3.27. The smallest absolute Gasteiger partial charge is 0.748 e. The van der Waals surface area contributed by atoms with Crippen LogP contribution in [0.1, 0.15) is 90.4 Å². The van der Waals surface area contributed by atoms with E-state index in [4.69, 9.17) is 0 Å². The normalized spacial score (nSPS) is 11.5. The van der Waals surface area contributed by atoms with E-state index in [1.54, 1.807) is 0 Å². The molecule has 0 saturated heterocycles. The van der Waals surface area contributed by atoms with Gasteiger partial charge < -0.3 is 9.45 Å². The van der Waals surface area contributed by atoms with Crippen molar-refractivity contribution >= 4 is 16.0 Å². The van der Waals surface area contributed by atoms with Crippen LogP contribution in [-0.2, 0) is 14.9 Å². The van der Waals surface area contributed by atoms with Crippen LogP contribution in [0.25, 0.3) is 0 Å². The van der Waals surface area contributed by atoms with Crippen molar-refractivity contribution < 1.29 is 47.3 Å². The molecule has 0 aromatic heterocycles. The molecule has 0 bridgehead atoms. The number of hydrogen-bond acceptors (Lipinski definition) is 4. The molecule has 0 unspecified atom stereocenters. The molecule has 0 aliphatic carbocycles. The third-order valence-electron chi connectivity index (χ3n) is 4.54. The summed E-state index contributed by atoms with van der Waals surface area (Å²) < 4.78 is 31.6. The van der Waals surface area contributed by atoms with E-state index in [-0.39, 0.29) is 42.0 Å². The van der Waals surface area contributed by atoms with Gasteiger partial charge in [-0.2, -0.15) is 0 Å². The van der Waals surface area contributed by atoms with Crippen LogP contribution in [0.15, 0.2) is 12.2 Å². The Balaban J connectivity index is 0. The zero-order valence-electron chi connectivity index (χ0n) is 17.7. The topological polar surface area (TPSA) is 77.5 Å². The Bertz CT molecular complexity index is 480. The molecule has 1 amide bonds. The number of rotatable bonds is 17. The van der Waals surface area contributed by atoms with Crippen molar-refractivity contribution in [1.82, 2.24) is 4.90 Å². The SMILES string of the molecule is CCCCCCCCCCCCCC/C=C/C(=O)N(C)CCS(=O)(=O)[O-].[Na+]. The zero-order chi connectivity index (χ0) is 19.7. The number of carbonyl (C=O) groups is 1. The number of allylic oxidation sites excluding steroid dienone is 1. The van der Waals surface area contributed by atoms with Crippen LogP contribution >= 0.6 is 0 Å². The molecule has 154 valence electrons. The van der Waals surface area contributed by atoms with Gasteiger partial charge in [0.05, 0.1) is 15.9 Å². The van der Waals surface area contributed by atoms with Crippen LogP contribution in [0.5, 0.6) is 0 Å². The molecule has 0 saturated carbocycles. The van der Waals surface area contributed by atoms with Gasteiger partial charge in [0.15, 0.2) is 0 Å². The summed E-state index contributed by atoms with van der Waals surface area (Å²) in [6.07, 6.45) is 19.9. The molecule has 0 radical (unpaired) electrons. The van der Waals surface area contributed by atoms with Crippen LogP contribution in [0.2, 0.25) is 0 Å². The summed E-state index contributed by atoms with van der Waals surface area (Å²) in [7, 11) is -2.77. The van der Waals surface area contributed by atoms with E-state index >= 15 is 0 Å². The minimum atomic E-state index is -4.27. The van der Waals surface area contributed by atoms with Crippen LogP contribution in [0.3, 0.4) is 0 Å². The van der Waals surface area contributed by atoms with Crippen molar-refractivity contribution in [2.24, 2.45) is 0 Å². The van der Waals surface area contributed by atoms with Gasteiger partial charge in [-0.1, -0.05) is 83.6 Å². The number of unbranched alkanes of at least 4 members (excludes halogenated alkanes) is 12. The molecule has 0 spiro atoms. The summed E-state index contributed by atoms with van der Waals surface area (Å²) in [5.41, 5.74) is 0. The fourth-order valence-electron chi connectivity index (χ4n) is 2.77. The predicted octanol–water partition coefficient (Wildman–Crippen LogP) is 1.64. The zero-order valence-corrected chi connectivity index (χ0v) is 20.6. The van der Waals surface area contributed by atoms with Crippen molar-refractivity contribution in [2.45, 2.75) is 90.4 Å². The largest absolute Gasteiger partial charge is 1.00 e. The summed E-state index contributed by atoms with van der Waals surface area (Å²) in [6.45, 7) is 2.19. The summed E-state index contributed by atoms with van der Waals surface area (Å²) >= 11 is 0. The summed E-state index contributed by atoms with van der Waals surface area (Å²) in [5, 5.41) is 0. The van der Waals surface area contributed by atoms with E-state index in [0.29, 0.717) is 0 Å². The second-order valence-electron chi connectivity index (χ2n) is 7.10. The summed E-state index contributed by atoms with van der Waals surface area (Å²) in [4.78, 5) is 13.0. The summed E-state index contributed by atoms with van der Waals surface area (Å²) in [5.74, 6) is -0.797. The number of hydrogen-bond donors (Lipinski definition) is 0. The predicted molar refractivity (Wildman–Crippen MR) is 107 cm³/mol. The fraction of sp³-hybridized carbons (Fsp3) is 0.850. The number of nitrogens with zero attached hydrogens (tertiary/aromatic N) is 1. The second-order valence-corrected chi connectivity index (χ2v) is 8.63. The van der Waals surface area contributed by atoms with E-state index < -0.39 is 15.9 Å². The van der Waals surface area contributed by atoms with Crippen LogP contribution in [0, 0.1) is 0 Å². The molecule has 0 N–H and O–H groups in total. The third-order valence-corrected chi connectivity index (χ3v) is 5.22. The van der Waals surface area contributed by atoms with Crippen LogP contribution < -0.4 is 29.6 Å². The van der Waals surface area contributed by atoms with Gasteiger partial charge >= 0.3 is 29.6 Å². The molecule has 5 nitrogen and oxygen atoms in total. The monoisotopic (exact) mass is 411 g/mol. The molecule has 0 heterocycles. The minimum Gasteiger partial charge on any atom is -0.748 e. The van der Waals surface area contributed by atoms with Crippen molar-refractivity contribution in [3.63, 3.8) is 0 Å². The van der Waals surface area contributed by atoms with Crippen molar-refractivity contribution in [1.29, 1.82) is 0 Å². The van der Waals surface area contributed by atoms with Gasteiger partial charge in [0.25, 0.3) is 0 Å². The Morgan fingerprint density at radius 1 is 0.889 bits per heavy atom. The Kier molecular flexibility index (Phi) is 21.1. The molecule has 0 fully saturated rings. The first-order valence-corrected chi connectivity index (χ1v) is 11.8. The molecular weight excluding hydrogens is 373 g/mol. The maximum absolute atomic E-state index is 11.7. The van der Waals surface area contributed by atoms with Crippen molar-refractivity contribution in [3.05, 3.63) is 12.2 Å². The molecule has 0 rings (SSSR count). The quantitative estimate of drug-likeness (QED) is 0.158. The number of amides is 1. The molecule has 7 heteroatoms. The maximum atomic E-state index is 11.7. The molecule has 0 aliphatic heterocycles. The van der Waals surface area contributed by atoms with Crippen LogP contribution in [0.4, 0.5) is 0 Å². The van der Waals surface area contributed by atoms with Crippen molar-refractivity contribution in [2.75, 3.05) is 19.3 Å². The first-order chi connectivity index (χ1) is 12.4. The van der Waals surface area contributed by atoms with Gasteiger partial charge in [-0.15, -0.1) is 0 Å². The summed E-state index contributed by atoms with van der Waals surface area (Å²) in [6, 6.07) is 0. The van der Waals surface area contributed by atoms with Crippen LogP contribution in [-0.4, -0.2) is 43.1 Å². The maximum Gasteiger partial charge on any atom is 1.00 e. The average molecular weight is 412 g/mol.